The molecule has 4 aliphatic rings. The van der Waals surface area contributed by atoms with E-state index in [-0.39, 0.29) is 5.41 Å². The minimum Gasteiger partial charge on any atom is -0.456 e. The van der Waals surface area contributed by atoms with Gasteiger partial charge in [-0.25, -0.2) is 0 Å². The normalized spacial score (nSPS) is 18.3. The maximum absolute atomic E-state index is 6.81. The molecule has 1 spiro atoms. The predicted molar refractivity (Wildman–Crippen MR) is 283 cm³/mol. The molecular weight excluding hydrogens is 842 g/mol. The standard InChI is InChI=1S/C64H50BNO3/c1-61(2)50-24-14-10-21-44(50)46-32-29-41(37-53(46)61)66(56-26-16-12-20-43(56)39-18-8-7-9-19-39)42-30-33-47-45-22-11-15-25-51(45)64(55(47)38-42)52-34-35-58-60(49-23-13-17-27-57(49)67-58)59(52)48-31-28-40(36-54(48)64)65-68-62(3,4)63(5,6)69-65/h7-38H,1-6H3. The molecule has 1 unspecified atom stereocenters. The van der Waals surface area contributed by atoms with E-state index >= 15 is 0 Å². The topological polar surface area (TPSA) is 34.8 Å². The van der Waals surface area contributed by atoms with Crippen molar-refractivity contribution in [2.75, 3.05) is 4.90 Å². The van der Waals surface area contributed by atoms with E-state index in [4.69, 9.17) is 13.7 Å². The minimum absolute atomic E-state index is 0.176. The number of hydrogen-bond donors (Lipinski definition) is 0. The monoisotopic (exact) mass is 891 g/mol. The molecule has 1 aromatic heterocycles. The van der Waals surface area contributed by atoms with Crippen LogP contribution in [0.2, 0.25) is 0 Å². The molecule has 9 aromatic carbocycles. The number of rotatable bonds is 5. The first-order valence-corrected chi connectivity index (χ1v) is 24.3. The lowest BCUT2D eigenvalue weighted by molar-refractivity contribution is 0.00578. The molecule has 0 bridgehead atoms. The summed E-state index contributed by atoms with van der Waals surface area (Å²) < 4.78 is 20.3. The summed E-state index contributed by atoms with van der Waals surface area (Å²) in [4.78, 5) is 2.50. The van der Waals surface area contributed by atoms with Crippen molar-refractivity contribution in [2.45, 2.75) is 63.6 Å². The second-order valence-corrected chi connectivity index (χ2v) is 21.0. The Hall–Kier alpha value is -7.44. The third kappa shape index (κ3) is 5.43. The summed E-state index contributed by atoms with van der Waals surface area (Å²) in [5, 5.41) is 2.26. The largest absolute Gasteiger partial charge is 0.494 e. The highest BCUT2D eigenvalue weighted by Gasteiger charge is 2.55. The SMILES string of the molecule is CC1(C)c2ccccc2-c2ccc(N(c3ccc4c(c3)C3(c5ccccc5-4)c4cc(B5OC(C)(C)C(C)(C)O5)ccc4-c4c3ccc3oc5ccccc5c43)c3ccccc3-c3ccccc3)cc21. The van der Waals surface area contributed by atoms with Crippen molar-refractivity contribution in [2.24, 2.45) is 0 Å². The van der Waals surface area contributed by atoms with Crippen LogP contribution in [0.15, 0.2) is 199 Å². The van der Waals surface area contributed by atoms with Gasteiger partial charge in [-0.1, -0.05) is 166 Å². The van der Waals surface area contributed by atoms with Gasteiger partial charge in [0.25, 0.3) is 0 Å². The molecule has 1 fully saturated rings. The van der Waals surface area contributed by atoms with Gasteiger partial charge in [0.1, 0.15) is 11.2 Å². The van der Waals surface area contributed by atoms with Crippen LogP contribution >= 0.6 is 0 Å². The Kier molecular flexibility index (Phi) is 8.28. The lowest BCUT2D eigenvalue weighted by atomic mass is 9.68. The summed E-state index contributed by atoms with van der Waals surface area (Å²) in [6.07, 6.45) is 0. The maximum Gasteiger partial charge on any atom is 0.494 e. The van der Waals surface area contributed by atoms with Gasteiger partial charge in [0.2, 0.25) is 0 Å². The summed E-state index contributed by atoms with van der Waals surface area (Å²) in [6, 6.07) is 72.0. The predicted octanol–water partition coefficient (Wildman–Crippen LogP) is 15.7. The zero-order valence-electron chi connectivity index (χ0n) is 39.7. The molecule has 10 aromatic rings. The third-order valence-corrected chi connectivity index (χ3v) is 16.5. The van der Waals surface area contributed by atoms with Gasteiger partial charge in [-0.15, -0.1) is 0 Å². The highest BCUT2D eigenvalue weighted by Crippen LogP contribution is 2.65. The van der Waals surface area contributed by atoms with Gasteiger partial charge in [-0.2, -0.15) is 0 Å². The van der Waals surface area contributed by atoms with Crippen LogP contribution in [0.4, 0.5) is 17.1 Å². The average Bonchev–Trinajstić information content (AvgIpc) is 4.10. The van der Waals surface area contributed by atoms with Crippen LogP contribution in [-0.2, 0) is 20.1 Å². The molecule has 0 amide bonds. The van der Waals surface area contributed by atoms with Crippen LogP contribution in [0.1, 0.15) is 74.9 Å². The van der Waals surface area contributed by atoms with Gasteiger partial charge in [0.15, 0.2) is 0 Å². The Labute approximate surface area is 403 Å². The third-order valence-electron chi connectivity index (χ3n) is 16.5. The molecular formula is C64H50BNO3. The summed E-state index contributed by atoms with van der Waals surface area (Å²) in [5.74, 6) is 0. The average molecular weight is 892 g/mol. The van der Waals surface area contributed by atoms with Crippen molar-refractivity contribution in [3.05, 3.63) is 228 Å². The molecule has 2 heterocycles. The highest BCUT2D eigenvalue weighted by atomic mass is 16.7. The van der Waals surface area contributed by atoms with E-state index < -0.39 is 23.7 Å². The Bertz CT molecular complexity index is 3790. The molecule has 5 heteroatoms. The number of anilines is 3. The van der Waals surface area contributed by atoms with Crippen molar-refractivity contribution < 1.29 is 13.7 Å². The van der Waals surface area contributed by atoms with Crippen LogP contribution in [0, 0.1) is 0 Å². The molecule has 4 nitrogen and oxygen atoms in total. The number of furan rings is 1. The molecule has 0 saturated carbocycles. The fraction of sp³-hybridized carbons (Fsp3) is 0.156. The van der Waals surface area contributed by atoms with E-state index in [0.29, 0.717) is 0 Å². The van der Waals surface area contributed by atoms with Crippen LogP contribution in [0.5, 0.6) is 0 Å². The summed E-state index contributed by atoms with van der Waals surface area (Å²) in [5.41, 5.74) is 21.8. The van der Waals surface area contributed by atoms with E-state index in [1.807, 2.05) is 0 Å². The van der Waals surface area contributed by atoms with Gasteiger partial charge in [0.05, 0.1) is 22.3 Å². The van der Waals surface area contributed by atoms with Crippen LogP contribution < -0.4 is 10.4 Å². The Morgan fingerprint density at radius 1 is 0.406 bits per heavy atom. The summed E-state index contributed by atoms with van der Waals surface area (Å²) >= 11 is 0. The Balaban J connectivity index is 1.06. The van der Waals surface area contributed by atoms with Gasteiger partial charge < -0.3 is 18.6 Å². The molecule has 1 aliphatic heterocycles. The molecule has 14 rings (SSSR count). The molecule has 69 heavy (non-hydrogen) atoms. The fourth-order valence-electron chi connectivity index (χ4n) is 12.5. The van der Waals surface area contributed by atoms with Crippen molar-refractivity contribution in [1.29, 1.82) is 0 Å². The van der Waals surface area contributed by atoms with E-state index in [9.17, 15) is 0 Å². The number of fused-ring (bicyclic) bond motifs is 17. The smallest absolute Gasteiger partial charge is 0.456 e. The maximum atomic E-state index is 6.81. The molecule has 0 N–H and O–H groups in total. The fourth-order valence-corrected chi connectivity index (χ4v) is 12.5. The lowest BCUT2D eigenvalue weighted by Crippen LogP contribution is -2.41. The summed E-state index contributed by atoms with van der Waals surface area (Å²) in [6.45, 7) is 13.3. The van der Waals surface area contributed by atoms with Gasteiger partial charge in [-0.05, 0) is 148 Å². The quantitative estimate of drug-likeness (QED) is 0.161. The van der Waals surface area contributed by atoms with Crippen molar-refractivity contribution in [1.82, 2.24) is 0 Å². The van der Waals surface area contributed by atoms with Crippen LogP contribution in [0.25, 0.3) is 66.4 Å². The van der Waals surface area contributed by atoms with Crippen molar-refractivity contribution in [3.8, 4) is 44.5 Å². The molecule has 3 aliphatic carbocycles. The van der Waals surface area contributed by atoms with Crippen molar-refractivity contribution in [3.63, 3.8) is 0 Å². The number of nitrogens with zero attached hydrogens (tertiary/aromatic N) is 1. The van der Waals surface area contributed by atoms with E-state index in [1.165, 1.54) is 72.3 Å². The first kappa shape index (κ1) is 40.6. The molecule has 0 radical (unpaired) electrons. The second kappa shape index (κ2) is 14.1. The van der Waals surface area contributed by atoms with Gasteiger partial charge >= 0.3 is 7.12 Å². The van der Waals surface area contributed by atoms with E-state index in [0.717, 1.165) is 50.0 Å². The van der Waals surface area contributed by atoms with E-state index in [2.05, 4.69) is 241 Å². The van der Waals surface area contributed by atoms with Crippen LogP contribution in [0.3, 0.4) is 0 Å². The first-order chi connectivity index (χ1) is 33.5. The number of benzene rings is 9. The Morgan fingerprint density at radius 2 is 0.971 bits per heavy atom. The van der Waals surface area contributed by atoms with Gasteiger partial charge in [0, 0.05) is 33.1 Å². The molecule has 1 saturated heterocycles. The van der Waals surface area contributed by atoms with E-state index in [1.54, 1.807) is 0 Å². The summed E-state index contributed by atoms with van der Waals surface area (Å²) in [7, 11) is -0.529. The first-order valence-electron chi connectivity index (χ1n) is 24.3. The minimum atomic E-state index is -0.689. The second-order valence-electron chi connectivity index (χ2n) is 21.0. The number of hydrogen-bond acceptors (Lipinski definition) is 4. The molecule has 332 valence electrons. The van der Waals surface area contributed by atoms with Gasteiger partial charge in [-0.3, -0.25) is 0 Å². The molecule has 1 atom stereocenters. The van der Waals surface area contributed by atoms with Crippen molar-refractivity contribution >= 4 is 51.6 Å². The number of para-hydroxylation sites is 2. The zero-order valence-corrected chi connectivity index (χ0v) is 39.7. The Morgan fingerprint density at radius 3 is 1.72 bits per heavy atom. The zero-order chi connectivity index (χ0) is 46.6. The lowest BCUT2D eigenvalue weighted by Gasteiger charge is -2.33. The highest BCUT2D eigenvalue weighted by molar-refractivity contribution is 6.62. The van der Waals surface area contributed by atoms with Crippen LogP contribution in [-0.4, -0.2) is 18.3 Å².